The van der Waals surface area contributed by atoms with E-state index >= 15 is 0 Å². The van der Waals surface area contributed by atoms with Crippen molar-refractivity contribution >= 4 is 45.7 Å². The van der Waals surface area contributed by atoms with Crippen LogP contribution in [0.5, 0.6) is 0 Å². The van der Waals surface area contributed by atoms with E-state index in [9.17, 15) is 4.79 Å². The number of aryl methyl sites for hydroxylation is 1. The Morgan fingerprint density at radius 1 is 1.24 bits per heavy atom. The standard InChI is InChI=1S/C15H15ClN6OS2/c1-8(13(23)17-14-20-18-9(2)25-14)24-15-21-19-12(22(15)3)10-4-6-11(16)7-5-10/h4-8H,1-3H3,(H,17,20,23)/t8-/m1/s1. The van der Waals surface area contributed by atoms with E-state index in [1.807, 2.05) is 37.6 Å². The van der Waals surface area contributed by atoms with Gasteiger partial charge >= 0.3 is 0 Å². The van der Waals surface area contributed by atoms with Gasteiger partial charge in [-0.2, -0.15) is 0 Å². The number of carbonyl (C=O) groups excluding carboxylic acids is 1. The Morgan fingerprint density at radius 2 is 1.96 bits per heavy atom. The summed E-state index contributed by atoms with van der Waals surface area (Å²) in [5.74, 6) is 0.559. The molecule has 2 aromatic heterocycles. The largest absolute Gasteiger partial charge is 0.305 e. The number of nitrogens with zero attached hydrogens (tertiary/aromatic N) is 5. The molecule has 1 atom stereocenters. The van der Waals surface area contributed by atoms with Crippen LogP contribution in [-0.4, -0.2) is 36.1 Å². The number of hydrogen-bond donors (Lipinski definition) is 1. The topological polar surface area (TPSA) is 85.6 Å². The Hall–Kier alpha value is -1.97. The van der Waals surface area contributed by atoms with E-state index in [2.05, 4.69) is 25.7 Å². The fourth-order valence-electron chi connectivity index (χ4n) is 2.03. The van der Waals surface area contributed by atoms with Crippen molar-refractivity contribution in [3.63, 3.8) is 0 Å². The highest BCUT2D eigenvalue weighted by atomic mass is 35.5. The molecule has 0 saturated heterocycles. The summed E-state index contributed by atoms with van der Waals surface area (Å²) in [5.41, 5.74) is 0.910. The zero-order valence-electron chi connectivity index (χ0n) is 13.7. The molecule has 0 aliphatic carbocycles. The minimum Gasteiger partial charge on any atom is -0.305 e. The molecule has 0 fully saturated rings. The van der Waals surface area contributed by atoms with E-state index in [-0.39, 0.29) is 11.2 Å². The molecule has 0 saturated carbocycles. The highest BCUT2D eigenvalue weighted by molar-refractivity contribution is 8.00. The van der Waals surface area contributed by atoms with Crippen molar-refractivity contribution in [3.8, 4) is 11.4 Å². The van der Waals surface area contributed by atoms with Gasteiger partial charge in [0.2, 0.25) is 11.0 Å². The van der Waals surface area contributed by atoms with Gasteiger partial charge in [-0.15, -0.1) is 20.4 Å². The van der Waals surface area contributed by atoms with E-state index in [4.69, 9.17) is 11.6 Å². The first-order valence-electron chi connectivity index (χ1n) is 7.37. The number of anilines is 1. The lowest BCUT2D eigenvalue weighted by molar-refractivity contribution is -0.115. The molecule has 3 rings (SSSR count). The molecule has 0 spiro atoms. The monoisotopic (exact) mass is 394 g/mol. The van der Waals surface area contributed by atoms with Crippen molar-refractivity contribution in [1.82, 2.24) is 25.0 Å². The molecular formula is C15H15ClN6OS2. The molecule has 3 aromatic rings. The third-order valence-electron chi connectivity index (χ3n) is 3.34. The van der Waals surface area contributed by atoms with Crippen molar-refractivity contribution in [2.75, 3.05) is 5.32 Å². The molecule has 0 radical (unpaired) electrons. The molecule has 0 bridgehead atoms. The van der Waals surface area contributed by atoms with Crippen LogP contribution in [0.4, 0.5) is 5.13 Å². The van der Waals surface area contributed by atoms with Crippen LogP contribution in [0.3, 0.4) is 0 Å². The Bertz CT molecular complexity index is 892. The predicted molar refractivity (Wildman–Crippen MR) is 100 cm³/mol. The zero-order valence-corrected chi connectivity index (χ0v) is 16.1. The molecule has 0 aliphatic heterocycles. The number of rotatable bonds is 5. The number of hydrogen-bond acceptors (Lipinski definition) is 7. The molecule has 130 valence electrons. The summed E-state index contributed by atoms with van der Waals surface area (Å²) in [7, 11) is 1.87. The number of aromatic nitrogens is 5. The normalized spacial score (nSPS) is 12.2. The molecule has 2 heterocycles. The highest BCUT2D eigenvalue weighted by Gasteiger charge is 2.20. The van der Waals surface area contributed by atoms with Gasteiger partial charge in [0.1, 0.15) is 5.01 Å². The number of carbonyl (C=O) groups is 1. The number of nitrogens with one attached hydrogen (secondary N) is 1. The lowest BCUT2D eigenvalue weighted by Gasteiger charge is -2.10. The zero-order chi connectivity index (χ0) is 18.0. The van der Waals surface area contributed by atoms with Gasteiger partial charge < -0.3 is 4.57 Å². The number of halogens is 1. The molecule has 1 aromatic carbocycles. The van der Waals surface area contributed by atoms with Crippen molar-refractivity contribution < 1.29 is 4.79 Å². The number of thioether (sulfide) groups is 1. The Kier molecular flexibility index (Phi) is 5.36. The third-order valence-corrected chi connectivity index (χ3v) is 5.48. The molecule has 25 heavy (non-hydrogen) atoms. The maximum Gasteiger partial charge on any atom is 0.239 e. The average Bonchev–Trinajstić information content (AvgIpc) is 3.15. The summed E-state index contributed by atoms with van der Waals surface area (Å²) < 4.78 is 1.85. The summed E-state index contributed by atoms with van der Waals surface area (Å²) in [4.78, 5) is 12.3. The van der Waals surface area contributed by atoms with E-state index in [1.54, 1.807) is 12.1 Å². The molecule has 0 unspecified atom stereocenters. The molecule has 7 nitrogen and oxygen atoms in total. The van der Waals surface area contributed by atoms with Gasteiger partial charge in [-0.25, -0.2) is 0 Å². The van der Waals surface area contributed by atoms with Gasteiger partial charge in [0.05, 0.1) is 5.25 Å². The first kappa shape index (κ1) is 17.8. The molecule has 10 heteroatoms. The summed E-state index contributed by atoms with van der Waals surface area (Å²) in [6.45, 7) is 3.65. The first-order chi connectivity index (χ1) is 11.9. The SMILES string of the molecule is Cc1nnc(NC(=O)[C@@H](C)Sc2nnc(-c3ccc(Cl)cc3)n2C)s1. The van der Waals surface area contributed by atoms with Gasteiger partial charge in [0.15, 0.2) is 11.0 Å². The van der Waals surface area contributed by atoms with Crippen molar-refractivity contribution in [2.45, 2.75) is 24.3 Å². The van der Waals surface area contributed by atoms with Crippen molar-refractivity contribution in [3.05, 3.63) is 34.3 Å². The van der Waals surface area contributed by atoms with Gasteiger partial charge in [-0.3, -0.25) is 10.1 Å². The van der Waals surface area contributed by atoms with E-state index in [1.165, 1.54) is 23.1 Å². The summed E-state index contributed by atoms with van der Waals surface area (Å²) in [6, 6.07) is 7.38. The second-order valence-corrected chi connectivity index (χ2v) is 8.17. The third kappa shape index (κ3) is 4.17. The quantitative estimate of drug-likeness (QED) is 0.667. The smallest absolute Gasteiger partial charge is 0.239 e. The van der Waals surface area contributed by atoms with Crippen LogP contribution in [0, 0.1) is 6.92 Å². The summed E-state index contributed by atoms with van der Waals surface area (Å²) in [6.07, 6.45) is 0. The highest BCUT2D eigenvalue weighted by Crippen LogP contribution is 2.27. The number of amides is 1. The minimum atomic E-state index is -0.356. The Morgan fingerprint density at radius 3 is 2.60 bits per heavy atom. The average molecular weight is 395 g/mol. The fraction of sp³-hybridized carbons (Fsp3) is 0.267. The molecule has 1 N–H and O–H groups in total. The second kappa shape index (κ2) is 7.51. The minimum absolute atomic E-state index is 0.155. The molecule has 1 amide bonds. The van der Waals surface area contributed by atoms with E-state index in [0.29, 0.717) is 21.1 Å². The van der Waals surface area contributed by atoms with Crippen LogP contribution < -0.4 is 5.32 Å². The first-order valence-corrected chi connectivity index (χ1v) is 9.44. The maximum atomic E-state index is 12.3. The lowest BCUT2D eigenvalue weighted by atomic mass is 10.2. The number of benzene rings is 1. The Balaban J connectivity index is 1.70. The van der Waals surface area contributed by atoms with Crippen LogP contribution in [0.1, 0.15) is 11.9 Å². The van der Waals surface area contributed by atoms with Gasteiger partial charge in [0, 0.05) is 17.6 Å². The van der Waals surface area contributed by atoms with Crippen molar-refractivity contribution in [2.24, 2.45) is 7.05 Å². The van der Waals surface area contributed by atoms with Crippen LogP contribution >= 0.6 is 34.7 Å². The van der Waals surface area contributed by atoms with Crippen LogP contribution in [0.25, 0.3) is 11.4 Å². The second-order valence-electron chi connectivity index (χ2n) is 5.25. The lowest BCUT2D eigenvalue weighted by Crippen LogP contribution is -2.22. The Labute approximate surface area is 157 Å². The van der Waals surface area contributed by atoms with Gasteiger partial charge in [0.25, 0.3) is 0 Å². The fourth-order valence-corrected chi connectivity index (χ4v) is 3.57. The van der Waals surface area contributed by atoms with E-state index < -0.39 is 0 Å². The van der Waals surface area contributed by atoms with Crippen LogP contribution in [-0.2, 0) is 11.8 Å². The summed E-state index contributed by atoms with van der Waals surface area (Å²) >= 11 is 8.58. The van der Waals surface area contributed by atoms with Crippen LogP contribution in [0.2, 0.25) is 5.02 Å². The summed E-state index contributed by atoms with van der Waals surface area (Å²) in [5, 5.41) is 21.2. The van der Waals surface area contributed by atoms with Gasteiger partial charge in [-0.05, 0) is 38.1 Å². The molecule has 0 aliphatic rings. The van der Waals surface area contributed by atoms with Crippen molar-refractivity contribution in [1.29, 1.82) is 0 Å². The van der Waals surface area contributed by atoms with Crippen LogP contribution in [0.15, 0.2) is 29.4 Å². The van der Waals surface area contributed by atoms with E-state index in [0.717, 1.165) is 10.6 Å². The van der Waals surface area contributed by atoms with Gasteiger partial charge in [-0.1, -0.05) is 34.7 Å². The maximum absolute atomic E-state index is 12.3. The molecular weight excluding hydrogens is 380 g/mol. The predicted octanol–water partition coefficient (Wildman–Crippen LogP) is 3.41.